The maximum absolute atomic E-state index is 6.05. The van der Waals surface area contributed by atoms with Crippen molar-refractivity contribution in [2.75, 3.05) is 17.6 Å². The molecule has 0 radical (unpaired) electrons. The van der Waals surface area contributed by atoms with E-state index in [-0.39, 0.29) is 12.4 Å². The van der Waals surface area contributed by atoms with Gasteiger partial charge in [0.2, 0.25) is 5.95 Å². The summed E-state index contributed by atoms with van der Waals surface area (Å²) in [5.41, 5.74) is 13.4. The molecule has 0 atom stereocenters. The van der Waals surface area contributed by atoms with Crippen LogP contribution in [-0.2, 0) is 6.42 Å². The Hall–Kier alpha value is -3.44. The molecular formula is C27H30ClN5. The summed E-state index contributed by atoms with van der Waals surface area (Å²) >= 11 is 0. The van der Waals surface area contributed by atoms with Gasteiger partial charge in [0.25, 0.3) is 0 Å². The number of pyridine rings is 1. The lowest BCUT2D eigenvalue weighted by Gasteiger charge is -2.14. The topological polar surface area (TPSA) is 76.7 Å². The van der Waals surface area contributed by atoms with Crippen molar-refractivity contribution in [3.63, 3.8) is 0 Å². The number of nitrogen functional groups attached to an aromatic ring is 1. The minimum atomic E-state index is 0. The van der Waals surface area contributed by atoms with Crippen molar-refractivity contribution in [3.05, 3.63) is 90.4 Å². The fourth-order valence-corrected chi connectivity index (χ4v) is 3.71. The average Bonchev–Trinajstić information content (AvgIpc) is 2.83. The fraction of sp³-hybridized carbons (Fsp3) is 0.222. The molecule has 2 aromatic carbocycles. The molecular weight excluding hydrogens is 430 g/mol. The van der Waals surface area contributed by atoms with E-state index in [0.29, 0.717) is 11.9 Å². The third-order valence-corrected chi connectivity index (χ3v) is 5.57. The second kappa shape index (κ2) is 11.4. The van der Waals surface area contributed by atoms with Gasteiger partial charge < -0.3 is 11.1 Å². The highest BCUT2D eigenvalue weighted by atomic mass is 35.5. The third-order valence-electron chi connectivity index (χ3n) is 5.57. The average molecular weight is 460 g/mol. The van der Waals surface area contributed by atoms with Crippen LogP contribution < -0.4 is 11.1 Å². The molecule has 3 N–H and O–H groups in total. The number of hydrogen-bond donors (Lipinski definition) is 2. The van der Waals surface area contributed by atoms with Crippen LogP contribution in [0.1, 0.15) is 37.3 Å². The Morgan fingerprint density at radius 2 is 1.73 bits per heavy atom. The van der Waals surface area contributed by atoms with Gasteiger partial charge in [-0.3, -0.25) is 4.98 Å². The Balaban J connectivity index is 0.00000306. The highest BCUT2D eigenvalue weighted by Gasteiger charge is 2.13. The van der Waals surface area contributed by atoms with Gasteiger partial charge in [-0.2, -0.15) is 0 Å². The number of nitrogens with two attached hydrogens (primary N) is 1. The summed E-state index contributed by atoms with van der Waals surface area (Å²) in [5.74, 6) is 1.08. The van der Waals surface area contributed by atoms with Crippen molar-refractivity contribution in [3.8, 4) is 22.4 Å². The SMILES string of the molecule is CC(C)c1cccc(-c2cnc(NCCCc3ccccc3N)nc2-c2ccncc2)c1.Cl. The van der Waals surface area contributed by atoms with E-state index in [1.807, 2.05) is 36.5 Å². The van der Waals surface area contributed by atoms with Crippen LogP contribution in [-0.4, -0.2) is 21.5 Å². The van der Waals surface area contributed by atoms with Gasteiger partial charge in [-0.05, 0) is 53.6 Å². The number of rotatable bonds is 8. The van der Waals surface area contributed by atoms with Crippen molar-refractivity contribution >= 4 is 24.0 Å². The van der Waals surface area contributed by atoms with Crippen LogP contribution in [0.25, 0.3) is 22.4 Å². The van der Waals surface area contributed by atoms with Crippen molar-refractivity contribution in [1.82, 2.24) is 15.0 Å². The minimum Gasteiger partial charge on any atom is -0.399 e. The molecule has 0 saturated heterocycles. The first kappa shape index (κ1) is 24.2. The van der Waals surface area contributed by atoms with Gasteiger partial charge in [-0.1, -0.05) is 56.3 Å². The van der Waals surface area contributed by atoms with E-state index in [4.69, 9.17) is 10.7 Å². The second-order valence-corrected chi connectivity index (χ2v) is 8.20. The van der Waals surface area contributed by atoms with Crippen LogP contribution in [0.2, 0.25) is 0 Å². The largest absolute Gasteiger partial charge is 0.399 e. The summed E-state index contributed by atoms with van der Waals surface area (Å²) in [6, 6.07) is 20.6. The molecule has 0 saturated carbocycles. The number of hydrogen-bond acceptors (Lipinski definition) is 5. The van der Waals surface area contributed by atoms with Gasteiger partial charge in [0, 0.05) is 41.9 Å². The summed E-state index contributed by atoms with van der Waals surface area (Å²) in [6.45, 7) is 5.18. The lowest BCUT2D eigenvalue weighted by Crippen LogP contribution is -2.08. The smallest absolute Gasteiger partial charge is 0.223 e. The molecule has 0 bridgehead atoms. The molecule has 2 aromatic heterocycles. The quantitative estimate of drug-likeness (QED) is 0.236. The van der Waals surface area contributed by atoms with Crippen LogP contribution in [0.3, 0.4) is 0 Å². The second-order valence-electron chi connectivity index (χ2n) is 8.20. The number of aryl methyl sites for hydroxylation is 1. The molecule has 0 amide bonds. The molecule has 33 heavy (non-hydrogen) atoms. The van der Waals surface area contributed by atoms with Gasteiger partial charge in [0.1, 0.15) is 0 Å². The van der Waals surface area contributed by atoms with Crippen molar-refractivity contribution in [2.24, 2.45) is 0 Å². The van der Waals surface area contributed by atoms with Crippen LogP contribution in [0.5, 0.6) is 0 Å². The highest BCUT2D eigenvalue weighted by molar-refractivity contribution is 5.85. The van der Waals surface area contributed by atoms with Crippen molar-refractivity contribution in [1.29, 1.82) is 0 Å². The monoisotopic (exact) mass is 459 g/mol. The first-order valence-corrected chi connectivity index (χ1v) is 11.1. The first-order chi connectivity index (χ1) is 15.6. The number of anilines is 2. The Morgan fingerprint density at radius 3 is 2.48 bits per heavy atom. The molecule has 0 unspecified atom stereocenters. The predicted octanol–water partition coefficient (Wildman–Crippen LogP) is 6.38. The maximum Gasteiger partial charge on any atom is 0.223 e. The number of para-hydroxylation sites is 1. The normalized spacial score (nSPS) is 10.6. The van der Waals surface area contributed by atoms with Gasteiger partial charge in [-0.25, -0.2) is 9.97 Å². The van der Waals surface area contributed by atoms with Crippen molar-refractivity contribution in [2.45, 2.75) is 32.6 Å². The summed E-state index contributed by atoms with van der Waals surface area (Å²) in [4.78, 5) is 13.7. The lowest BCUT2D eigenvalue weighted by atomic mass is 9.96. The summed E-state index contributed by atoms with van der Waals surface area (Å²) in [5, 5.41) is 3.37. The van der Waals surface area contributed by atoms with E-state index in [1.165, 1.54) is 11.1 Å². The molecule has 170 valence electrons. The van der Waals surface area contributed by atoms with E-state index in [1.54, 1.807) is 12.4 Å². The maximum atomic E-state index is 6.05. The zero-order chi connectivity index (χ0) is 22.3. The Labute approximate surface area is 201 Å². The van der Waals surface area contributed by atoms with Crippen LogP contribution in [0.4, 0.5) is 11.6 Å². The van der Waals surface area contributed by atoms with E-state index in [2.05, 4.69) is 59.5 Å². The minimum absolute atomic E-state index is 0. The zero-order valence-electron chi connectivity index (χ0n) is 19.0. The Bertz CT molecular complexity index is 1180. The van der Waals surface area contributed by atoms with Gasteiger partial charge in [0.05, 0.1) is 5.69 Å². The standard InChI is InChI=1S/C27H29N5.ClH/c1-19(2)22-8-5-9-23(17-22)24-18-31-27(32-26(24)21-12-15-29-16-13-21)30-14-6-10-20-7-3-4-11-25(20)28;/h3-5,7-9,11-13,15-19H,6,10,14,28H2,1-2H3,(H,30,31,32);1H. The third kappa shape index (κ3) is 6.08. The summed E-state index contributed by atoms with van der Waals surface area (Å²) in [6.07, 6.45) is 7.36. The Kier molecular flexibility index (Phi) is 8.39. The number of halogens is 1. The van der Waals surface area contributed by atoms with E-state index in [9.17, 15) is 0 Å². The van der Waals surface area contributed by atoms with Crippen LogP contribution >= 0.6 is 12.4 Å². The molecule has 0 aliphatic rings. The van der Waals surface area contributed by atoms with Crippen LogP contribution in [0.15, 0.2) is 79.3 Å². The van der Waals surface area contributed by atoms with E-state index >= 15 is 0 Å². The molecule has 6 heteroatoms. The van der Waals surface area contributed by atoms with Gasteiger partial charge in [0.15, 0.2) is 0 Å². The van der Waals surface area contributed by atoms with E-state index < -0.39 is 0 Å². The molecule has 0 spiro atoms. The van der Waals surface area contributed by atoms with Crippen LogP contribution in [0, 0.1) is 0 Å². The van der Waals surface area contributed by atoms with Gasteiger partial charge in [-0.15, -0.1) is 12.4 Å². The Morgan fingerprint density at radius 1 is 0.939 bits per heavy atom. The molecule has 0 aliphatic carbocycles. The first-order valence-electron chi connectivity index (χ1n) is 11.1. The summed E-state index contributed by atoms with van der Waals surface area (Å²) in [7, 11) is 0. The number of benzene rings is 2. The van der Waals surface area contributed by atoms with E-state index in [0.717, 1.165) is 47.5 Å². The fourth-order valence-electron chi connectivity index (χ4n) is 3.71. The molecule has 0 aliphatic heterocycles. The zero-order valence-corrected chi connectivity index (χ0v) is 19.8. The predicted molar refractivity (Wildman–Crippen MR) is 140 cm³/mol. The highest BCUT2D eigenvalue weighted by Crippen LogP contribution is 2.32. The molecule has 5 nitrogen and oxygen atoms in total. The lowest BCUT2D eigenvalue weighted by molar-refractivity contribution is 0.855. The summed E-state index contributed by atoms with van der Waals surface area (Å²) < 4.78 is 0. The molecule has 4 rings (SSSR count). The number of nitrogens with zero attached hydrogens (tertiary/aromatic N) is 3. The molecule has 0 fully saturated rings. The molecule has 4 aromatic rings. The molecule has 2 heterocycles. The number of nitrogens with one attached hydrogen (secondary N) is 1. The van der Waals surface area contributed by atoms with Crippen molar-refractivity contribution < 1.29 is 0 Å². The number of aromatic nitrogens is 3. The van der Waals surface area contributed by atoms with Gasteiger partial charge >= 0.3 is 0 Å².